The van der Waals surface area contributed by atoms with E-state index >= 15 is 0 Å². The number of rotatable bonds is 6. The fraction of sp³-hybridized carbons (Fsp3) is 0.450. The van der Waals surface area contributed by atoms with Gasteiger partial charge in [0.1, 0.15) is 11.3 Å². The minimum Gasteiger partial charge on any atom is -0.367 e. The van der Waals surface area contributed by atoms with Crippen LogP contribution in [0.3, 0.4) is 0 Å². The summed E-state index contributed by atoms with van der Waals surface area (Å²) in [5.74, 6) is 1.41. The number of anilines is 1. The molecule has 0 saturated heterocycles. The van der Waals surface area contributed by atoms with Crippen LogP contribution in [-0.4, -0.2) is 38.9 Å². The molecule has 6 nitrogen and oxygen atoms in total. The number of nitrogens with zero attached hydrogens (tertiary/aromatic N) is 4. The van der Waals surface area contributed by atoms with Crippen LogP contribution in [0.4, 0.5) is 5.82 Å². The van der Waals surface area contributed by atoms with Gasteiger partial charge in [-0.15, -0.1) is 0 Å². The monoisotopic (exact) mass is 418 g/mol. The van der Waals surface area contributed by atoms with Gasteiger partial charge in [0.25, 0.3) is 0 Å². The molecule has 1 aromatic carbocycles. The Morgan fingerprint density at radius 2 is 1.79 bits per heavy atom. The highest BCUT2D eigenvalue weighted by molar-refractivity contribution is 6.39. The molecule has 0 radical (unpaired) electrons. The van der Waals surface area contributed by atoms with E-state index in [0.29, 0.717) is 21.9 Å². The molecule has 148 valence electrons. The zero-order valence-electron chi connectivity index (χ0n) is 16.1. The van der Waals surface area contributed by atoms with E-state index in [1.807, 2.05) is 32.2 Å². The van der Waals surface area contributed by atoms with Gasteiger partial charge in [0.15, 0.2) is 11.3 Å². The van der Waals surface area contributed by atoms with Crippen LogP contribution >= 0.6 is 23.2 Å². The van der Waals surface area contributed by atoms with E-state index in [9.17, 15) is 0 Å². The van der Waals surface area contributed by atoms with Crippen molar-refractivity contribution < 1.29 is 0 Å². The summed E-state index contributed by atoms with van der Waals surface area (Å²) in [6.07, 6.45) is 5.22. The van der Waals surface area contributed by atoms with Crippen LogP contribution in [-0.2, 0) is 7.05 Å². The van der Waals surface area contributed by atoms with Crippen LogP contribution in [0, 0.1) is 6.92 Å². The summed E-state index contributed by atoms with van der Waals surface area (Å²) in [5.41, 5.74) is 3.00. The van der Waals surface area contributed by atoms with Crippen molar-refractivity contribution in [2.75, 3.05) is 18.4 Å². The molecular weight excluding hydrogens is 395 g/mol. The van der Waals surface area contributed by atoms with E-state index in [1.54, 1.807) is 4.68 Å². The van der Waals surface area contributed by atoms with Gasteiger partial charge in [-0.2, -0.15) is 5.10 Å². The van der Waals surface area contributed by atoms with Gasteiger partial charge in [0.2, 0.25) is 0 Å². The third-order valence-electron chi connectivity index (χ3n) is 5.20. The Labute approximate surface area is 174 Å². The van der Waals surface area contributed by atoms with Crippen LogP contribution in [0.2, 0.25) is 10.0 Å². The number of aryl methyl sites for hydroxylation is 2. The van der Waals surface area contributed by atoms with Crippen molar-refractivity contribution in [3.05, 3.63) is 34.1 Å². The lowest BCUT2D eigenvalue weighted by Gasteiger charge is -2.12. The van der Waals surface area contributed by atoms with Crippen molar-refractivity contribution in [2.45, 2.75) is 38.6 Å². The molecule has 2 heterocycles. The number of halogens is 2. The second-order valence-electron chi connectivity index (χ2n) is 7.25. The highest BCUT2D eigenvalue weighted by Crippen LogP contribution is 2.38. The second-order valence-corrected chi connectivity index (χ2v) is 8.06. The summed E-state index contributed by atoms with van der Waals surface area (Å²) in [4.78, 5) is 9.21. The van der Waals surface area contributed by atoms with E-state index in [0.717, 1.165) is 41.2 Å². The Bertz CT molecular complexity index is 974. The average Bonchev–Trinajstić information content (AvgIpc) is 3.27. The molecule has 2 aromatic heterocycles. The minimum absolute atomic E-state index is 0.573. The van der Waals surface area contributed by atoms with Crippen LogP contribution in [0.1, 0.15) is 31.5 Å². The van der Waals surface area contributed by atoms with Gasteiger partial charge in [-0.3, -0.25) is 4.68 Å². The Morgan fingerprint density at radius 1 is 1.07 bits per heavy atom. The molecule has 0 spiro atoms. The van der Waals surface area contributed by atoms with Crippen LogP contribution < -0.4 is 10.6 Å². The summed E-state index contributed by atoms with van der Waals surface area (Å²) in [6.45, 7) is 3.55. The highest BCUT2D eigenvalue weighted by Gasteiger charge is 2.21. The second kappa shape index (κ2) is 8.23. The largest absolute Gasteiger partial charge is 0.367 e. The molecule has 0 bridgehead atoms. The van der Waals surface area contributed by atoms with Gasteiger partial charge < -0.3 is 10.6 Å². The summed E-state index contributed by atoms with van der Waals surface area (Å²) in [5, 5.41) is 12.8. The SMILES string of the molecule is Cc1nc(NCCNC2CCCC2)c2nn(C)c(-c3c(Cl)cccc3Cl)c2n1. The van der Waals surface area contributed by atoms with Crippen LogP contribution in [0.25, 0.3) is 22.3 Å². The van der Waals surface area contributed by atoms with E-state index in [4.69, 9.17) is 23.2 Å². The van der Waals surface area contributed by atoms with E-state index in [1.165, 1.54) is 25.7 Å². The summed E-state index contributed by atoms with van der Waals surface area (Å²) in [7, 11) is 1.87. The lowest BCUT2D eigenvalue weighted by molar-refractivity contribution is 0.536. The van der Waals surface area contributed by atoms with Crippen LogP contribution in [0.5, 0.6) is 0 Å². The van der Waals surface area contributed by atoms with Gasteiger partial charge in [-0.25, -0.2) is 9.97 Å². The molecule has 1 aliphatic rings. The molecule has 8 heteroatoms. The zero-order chi connectivity index (χ0) is 19.7. The highest BCUT2D eigenvalue weighted by atomic mass is 35.5. The number of nitrogens with one attached hydrogen (secondary N) is 2. The van der Waals surface area contributed by atoms with E-state index < -0.39 is 0 Å². The number of fused-ring (bicyclic) bond motifs is 1. The molecule has 4 rings (SSSR count). The number of benzene rings is 1. The fourth-order valence-corrected chi connectivity index (χ4v) is 4.47. The maximum absolute atomic E-state index is 6.44. The normalized spacial score (nSPS) is 14.9. The summed E-state index contributed by atoms with van der Waals surface area (Å²) in [6, 6.07) is 6.13. The summed E-state index contributed by atoms with van der Waals surface area (Å²) >= 11 is 12.9. The Balaban J connectivity index is 1.64. The third kappa shape index (κ3) is 3.81. The molecule has 0 unspecified atom stereocenters. The van der Waals surface area contributed by atoms with Gasteiger partial charge in [-0.1, -0.05) is 42.1 Å². The number of hydrogen-bond donors (Lipinski definition) is 2. The van der Waals surface area contributed by atoms with Gasteiger partial charge in [0, 0.05) is 31.7 Å². The molecule has 1 aliphatic carbocycles. The van der Waals surface area contributed by atoms with Gasteiger partial charge >= 0.3 is 0 Å². The molecule has 28 heavy (non-hydrogen) atoms. The first-order chi connectivity index (χ1) is 13.5. The predicted octanol–water partition coefficient (Wildman–Crippen LogP) is 4.59. The van der Waals surface area contributed by atoms with E-state index in [-0.39, 0.29) is 0 Å². The molecule has 0 aliphatic heterocycles. The van der Waals surface area contributed by atoms with Gasteiger partial charge in [0.05, 0.1) is 15.7 Å². The fourth-order valence-electron chi connectivity index (χ4n) is 3.89. The molecule has 3 aromatic rings. The topological polar surface area (TPSA) is 67.7 Å². The lowest BCUT2D eigenvalue weighted by Crippen LogP contribution is -2.30. The number of aromatic nitrogens is 4. The van der Waals surface area contributed by atoms with Crippen molar-refractivity contribution in [1.82, 2.24) is 25.1 Å². The van der Waals surface area contributed by atoms with Crippen molar-refractivity contribution in [3.8, 4) is 11.3 Å². The maximum atomic E-state index is 6.44. The molecule has 1 fully saturated rings. The Morgan fingerprint density at radius 3 is 2.50 bits per heavy atom. The predicted molar refractivity (Wildman–Crippen MR) is 115 cm³/mol. The van der Waals surface area contributed by atoms with Crippen molar-refractivity contribution in [3.63, 3.8) is 0 Å². The maximum Gasteiger partial charge on any atom is 0.158 e. The zero-order valence-corrected chi connectivity index (χ0v) is 17.6. The van der Waals surface area contributed by atoms with Crippen molar-refractivity contribution in [2.24, 2.45) is 7.05 Å². The Hall–Kier alpha value is -1.89. The molecule has 0 amide bonds. The first kappa shape index (κ1) is 19.4. The molecule has 0 atom stereocenters. The standard InChI is InChI=1S/C20H24Cl2N6/c1-12-25-17-18(20(26-12)24-11-10-23-13-6-3-4-7-13)27-28(2)19(17)16-14(21)8-5-9-15(16)22/h5,8-9,13,23H,3-4,6-7,10-11H2,1-2H3,(H,24,25,26). The van der Waals surface area contributed by atoms with Gasteiger partial charge in [-0.05, 0) is 31.9 Å². The quantitative estimate of drug-likeness (QED) is 0.572. The third-order valence-corrected chi connectivity index (χ3v) is 5.83. The molecule has 2 N–H and O–H groups in total. The van der Waals surface area contributed by atoms with Crippen molar-refractivity contribution in [1.29, 1.82) is 0 Å². The van der Waals surface area contributed by atoms with Crippen LogP contribution in [0.15, 0.2) is 18.2 Å². The molecular formula is C20H24Cl2N6. The Kier molecular flexibility index (Phi) is 5.71. The van der Waals surface area contributed by atoms with E-state index in [2.05, 4.69) is 25.7 Å². The first-order valence-electron chi connectivity index (χ1n) is 9.67. The minimum atomic E-state index is 0.573. The van der Waals surface area contributed by atoms with Crippen molar-refractivity contribution >= 4 is 40.1 Å². The number of hydrogen-bond acceptors (Lipinski definition) is 5. The summed E-state index contributed by atoms with van der Waals surface area (Å²) < 4.78 is 1.77. The smallest absolute Gasteiger partial charge is 0.158 e. The first-order valence-corrected chi connectivity index (χ1v) is 10.4. The average molecular weight is 419 g/mol. The lowest BCUT2D eigenvalue weighted by atomic mass is 10.1. The molecule has 1 saturated carbocycles.